The number of hydrogen-bond donors (Lipinski definition) is 3. The topological polar surface area (TPSA) is 61.4 Å². The van der Waals surface area contributed by atoms with Crippen LogP contribution < -0.4 is 10.6 Å². The maximum absolute atomic E-state index is 10.2. The van der Waals surface area contributed by atoms with Crippen LogP contribution in [0.2, 0.25) is 0 Å². The maximum atomic E-state index is 10.2. The molecule has 1 rings (SSSR count). The molecule has 3 N–H and O–H groups in total. The van der Waals surface area contributed by atoms with Crippen LogP contribution in [0.5, 0.6) is 0 Å². The molecule has 0 aromatic carbocycles. The Hall–Kier alpha value is -0.770. The number of nitrogens with one attached hydrogen (secondary N) is 2. The minimum absolute atomic E-state index is 0.0937. The maximum Gasteiger partial charge on any atom is 0.404 e. The van der Waals surface area contributed by atoms with Crippen molar-refractivity contribution < 1.29 is 9.90 Å². The molecule has 1 amide bonds. The molecule has 1 heterocycles. The van der Waals surface area contributed by atoms with Gasteiger partial charge in [0.05, 0.1) is 0 Å². The van der Waals surface area contributed by atoms with E-state index in [0.29, 0.717) is 5.92 Å². The molecule has 0 aromatic rings. The van der Waals surface area contributed by atoms with Gasteiger partial charge in [-0.2, -0.15) is 0 Å². The first kappa shape index (κ1) is 8.33. The quantitative estimate of drug-likeness (QED) is 0.512. The molecule has 1 fully saturated rings. The molecule has 0 radical (unpaired) electrons. The minimum atomic E-state index is -0.925. The summed E-state index contributed by atoms with van der Waals surface area (Å²) < 4.78 is 0. The fourth-order valence-electron chi connectivity index (χ4n) is 1.44. The highest BCUT2D eigenvalue weighted by atomic mass is 16.4. The van der Waals surface area contributed by atoms with Crippen LogP contribution in [0.3, 0.4) is 0 Å². The van der Waals surface area contributed by atoms with Crippen LogP contribution in [-0.2, 0) is 0 Å². The van der Waals surface area contributed by atoms with Gasteiger partial charge in [-0.1, -0.05) is 6.92 Å². The lowest BCUT2D eigenvalue weighted by molar-refractivity contribution is 0.184. The largest absolute Gasteiger partial charge is 0.465 e. The lowest BCUT2D eigenvalue weighted by Gasteiger charge is -2.27. The van der Waals surface area contributed by atoms with Gasteiger partial charge in [-0.05, 0) is 18.9 Å². The smallest absolute Gasteiger partial charge is 0.404 e. The zero-order valence-electron chi connectivity index (χ0n) is 6.63. The molecule has 0 aliphatic carbocycles. The van der Waals surface area contributed by atoms with E-state index >= 15 is 0 Å². The van der Waals surface area contributed by atoms with Crippen molar-refractivity contribution in [1.82, 2.24) is 10.6 Å². The SMILES string of the molecule is CC1CNC[C@@H](NC(=O)O)C1. The molecular weight excluding hydrogens is 144 g/mol. The van der Waals surface area contributed by atoms with Gasteiger partial charge in [0.1, 0.15) is 0 Å². The number of rotatable bonds is 1. The van der Waals surface area contributed by atoms with Crippen molar-refractivity contribution >= 4 is 6.09 Å². The highest BCUT2D eigenvalue weighted by molar-refractivity contribution is 5.64. The van der Waals surface area contributed by atoms with Gasteiger partial charge in [0, 0.05) is 12.6 Å². The second-order valence-electron chi connectivity index (χ2n) is 3.15. The van der Waals surface area contributed by atoms with E-state index in [0.717, 1.165) is 19.5 Å². The van der Waals surface area contributed by atoms with Gasteiger partial charge in [0.15, 0.2) is 0 Å². The lowest BCUT2D eigenvalue weighted by Crippen LogP contribution is -2.47. The first-order valence-electron chi connectivity index (χ1n) is 3.88. The van der Waals surface area contributed by atoms with Crippen LogP contribution >= 0.6 is 0 Å². The Bertz CT molecular complexity index is 149. The molecule has 0 saturated carbocycles. The van der Waals surface area contributed by atoms with Gasteiger partial charge in [-0.25, -0.2) is 4.79 Å². The van der Waals surface area contributed by atoms with Crippen molar-refractivity contribution in [3.63, 3.8) is 0 Å². The van der Waals surface area contributed by atoms with E-state index in [2.05, 4.69) is 17.6 Å². The third kappa shape index (κ3) is 2.76. The zero-order valence-corrected chi connectivity index (χ0v) is 6.63. The number of hydrogen-bond acceptors (Lipinski definition) is 2. The van der Waals surface area contributed by atoms with Crippen molar-refractivity contribution in [1.29, 1.82) is 0 Å². The van der Waals surface area contributed by atoms with Crippen LogP contribution in [0, 0.1) is 5.92 Å². The average molecular weight is 158 g/mol. The Morgan fingerprint density at radius 1 is 1.64 bits per heavy atom. The van der Waals surface area contributed by atoms with Crippen LogP contribution in [0.25, 0.3) is 0 Å². The van der Waals surface area contributed by atoms with E-state index in [4.69, 9.17) is 5.11 Å². The molecule has 1 aliphatic rings. The number of carbonyl (C=O) groups is 1. The summed E-state index contributed by atoms with van der Waals surface area (Å²) in [5.74, 6) is 0.570. The van der Waals surface area contributed by atoms with Gasteiger partial charge in [0.25, 0.3) is 0 Å². The van der Waals surface area contributed by atoms with Crippen molar-refractivity contribution in [2.24, 2.45) is 5.92 Å². The van der Waals surface area contributed by atoms with Gasteiger partial charge in [0.2, 0.25) is 0 Å². The van der Waals surface area contributed by atoms with E-state index < -0.39 is 6.09 Å². The Morgan fingerprint density at radius 3 is 2.91 bits per heavy atom. The lowest BCUT2D eigenvalue weighted by atomic mass is 9.98. The minimum Gasteiger partial charge on any atom is -0.465 e. The molecule has 4 heteroatoms. The summed E-state index contributed by atoms with van der Waals surface area (Å²) in [6.45, 7) is 3.87. The molecule has 64 valence electrons. The number of amides is 1. The van der Waals surface area contributed by atoms with Crippen LogP contribution in [-0.4, -0.2) is 30.3 Å². The third-order valence-corrected chi connectivity index (χ3v) is 1.90. The molecule has 1 unspecified atom stereocenters. The average Bonchev–Trinajstić information content (AvgIpc) is 1.85. The van der Waals surface area contributed by atoms with E-state index in [-0.39, 0.29) is 6.04 Å². The standard InChI is InChI=1S/C7H14N2O2/c1-5-2-6(4-8-3-5)9-7(10)11/h5-6,8-9H,2-4H2,1H3,(H,10,11)/t5?,6-/m0/s1. The normalized spacial score (nSPS) is 31.4. The van der Waals surface area contributed by atoms with Crippen molar-refractivity contribution in [2.75, 3.05) is 13.1 Å². The van der Waals surface area contributed by atoms with Gasteiger partial charge >= 0.3 is 6.09 Å². The number of piperidine rings is 1. The molecule has 4 nitrogen and oxygen atoms in total. The molecule has 0 aromatic heterocycles. The monoisotopic (exact) mass is 158 g/mol. The number of carboxylic acid groups (broad SMARTS) is 1. The highest BCUT2D eigenvalue weighted by Gasteiger charge is 2.19. The summed E-state index contributed by atoms with van der Waals surface area (Å²) in [5, 5.41) is 14.0. The predicted octanol–water partition coefficient (Wildman–Crippen LogP) is 0.252. The van der Waals surface area contributed by atoms with Crippen LogP contribution in [0.15, 0.2) is 0 Å². The molecular formula is C7H14N2O2. The van der Waals surface area contributed by atoms with Crippen molar-refractivity contribution in [3.8, 4) is 0 Å². The molecule has 11 heavy (non-hydrogen) atoms. The summed E-state index contributed by atoms with van der Waals surface area (Å²) >= 11 is 0. The second kappa shape index (κ2) is 3.57. The first-order valence-corrected chi connectivity index (χ1v) is 3.88. The molecule has 1 saturated heterocycles. The van der Waals surface area contributed by atoms with E-state index in [1.807, 2.05) is 0 Å². The summed E-state index contributed by atoms with van der Waals surface area (Å²) in [6, 6.07) is 0.0937. The van der Waals surface area contributed by atoms with E-state index in [1.165, 1.54) is 0 Å². The Morgan fingerprint density at radius 2 is 2.36 bits per heavy atom. The Kier molecular flexibility index (Phi) is 2.70. The highest BCUT2D eigenvalue weighted by Crippen LogP contribution is 2.08. The van der Waals surface area contributed by atoms with Crippen molar-refractivity contribution in [3.05, 3.63) is 0 Å². The van der Waals surface area contributed by atoms with Gasteiger partial charge in [-0.3, -0.25) is 0 Å². The molecule has 0 bridgehead atoms. The Labute approximate surface area is 66.0 Å². The zero-order chi connectivity index (χ0) is 8.27. The Balaban J connectivity index is 2.28. The molecule has 0 spiro atoms. The summed E-state index contributed by atoms with van der Waals surface area (Å²) in [6.07, 6.45) is 0.0187. The fraction of sp³-hybridized carbons (Fsp3) is 0.857. The molecule has 2 atom stereocenters. The van der Waals surface area contributed by atoms with E-state index in [9.17, 15) is 4.79 Å². The summed E-state index contributed by atoms with van der Waals surface area (Å²) in [7, 11) is 0. The van der Waals surface area contributed by atoms with E-state index in [1.54, 1.807) is 0 Å². The van der Waals surface area contributed by atoms with Crippen LogP contribution in [0.4, 0.5) is 4.79 Å². The van der Waals surface area contributed by atoms with Crippen molar-refractivity contribution in [2.45, 2.75) is 19.4 Å². The third-order valence-electron chi connectivity index (χ3n) is 1.90. The van der Waals surface area contributed by atoms with Gasteiger partial charge < -0.3 is 15.7 Å². The first-order chi connectivity index (χ1) is 5.18. The second-order valence-corrected chi connectivity index (χ2v) is 3.15. The summed E-state index contributed by atoms with van der Waals surface area (Å²) in [4.78, 5) is 10.2. The fourth-order valence-corrected chi connectivity index (χ4v) is 1.44. The summed E-state index contributed by atoms with van der Waals surface area (Å²) in [5.41, 5.74) is 0. The van der Waals surface area contributed by atoms with Gasteiger partial charge in [-0.15, -0.1) is 0 Å². The van der Waals surface area contributed by atoms with Crippen LogP contribution in [0.1, 0.15) is 13.3 Å². The molecule has 1 aliphatic heterocycles. The predicted molar refractivity (Wildman–Crippen MR) is 41.6 cm³/mol.